The minimum atomic E-state index is -5.06. The van der Waals surface area contributed by atoms with Gasteiger partial charge in [-0.25, -0.2) is 9.78 Å². The van der Waals surface area contributed by atoms with Gasteiger partial charge in [-0.05, 0) is 54.3 Å². The van der Waals surface area contributed by atoms with Crippen molar-refractivity contribution in [1.82, 2.24) is 9.88 Å². The Morgan fingerprint density at radius 2 is 1.93 bits per heavy atom. The van der Waals surface area contributed by atoms with Crippen molar-refractivity contribution in [1.29, 1.82) is 5.41 Å². The summed E-state index contributed by atoms with van der Waals surface area (Å²) >= 11 is 0. The van der Waals surface area contributed by atoms with Crippen LogP contribution in [0.2, 0.25) is 0 Å². The molecule has 0 saturated heterocycles. The van der Waals surface area contributed by atoms with Gasteiger partial charge in [-0.1, -0.05) is 35.9 Å². The number of benzene rings is 2. The molecular formula is C29H27F3N4O4. The van der Waals surface area contributed by atoms with Crippen molar-refractivity contribution in [2.24, 2.45) is 0 Å². The number of rotatable bonds is 8. The van der Waals surface area contributed by atoms with Gasteiger partial charge in [0.1, 0.15) is 29.4 Å². The van der Waals surface area contributed by atoms with Crippen LogP contribution in [-0.4, -0.2) is 45.8 Å². The van der Waals surface area contributed by atoms with E-state index in [-0.39, 0.29) is 24.5 Å². The number of carbonyl (C=O) groups excluding carboxylic acids is 1. The normalized spacial score (nSPS) is 13.7. The number of carbonyl (C=O) groups is 2. The lowest BCUT2D eigenvalue weighted by Crippen LogP contribution is -2.34. The average Bonchev–Trinajstić information content (AvgIpc) is 2.91. The predicted molar refractivity (Wildman–Crippen MR) is 143 cm³/mol. The Balaban J connectivity index is 1.59. The summed E-state index contributed by atoms with van der Waals surface area (Å²) in [5, 5.41) is 18.3. The van der Waals surface area contributed by atoms with Gasteiger partial charge in [-0.3, -0.25) is 4.79 Å². The molecule has 4 rings (SSSR count). The first-order chi connectivity index (χ1) is 19.0. The standard InChI is InChI=1S/C29H27F3N4O4/c1-17-6-9-25(40-16-19-7-8-21-15-36(18(2)37)11-10-20(21)13-19)22(12-17)24-4-3-5-26(34-24)35-27(29(30,31)32)23(14-33)28(38)39/h3-9,12-14,33H,10-11,15-16H2,1-2H3,(H,34,35)(H,38,39)/b27-23+,33-14?. The quantitative estimate of drug-likeness (QED) is 0.251. The summed E-state index contributed by atoms with van der Waals surface area (Å²) < 4.78 is 47.0. The van der Waals surface area contributed by atoms with Gasteiger partial charge in [0.15, 0.2) is 0 Å². The zero-order chi connectivity index (χ0) is 29.0. The highest BCUT2D eigenvalue weighted by molar-refractivity contribution is 6.09. The second kappa shape index (κ2) is 11.6. The minimum Gasteiger partial charge on any atom is -0.488 e. The molecule has 2 aromatic carbocycles. The van der Waals surface area contributed by atoms with Gasteiger partial charge in [0.25, 0.3) is 0 Å². The zero-order valence-electron chi connectivity index (χ0n) is 21.8. The van der Waals surface area contributed by atoms with Crippen molar-refractivity contribution in [3.05, 3.63) is 88.1 Å². The van der Waals surface area contributed by atoms with Crippen molar-refractivity contribution in [3.8, 4) is 17.0 Å². The number of aryl methyl sites for hydroxylation is 1. The second-order valence-electron chi connectivity index (χ2n) is 9.35. The summed E-state index contributed by atoms with van der Waals surface area (Å²) in [6, 6.07) is 15.8. The van der Waals surface area contributed by atoms with Crippen LogP contribution >= 0.6 is 0 Å². The molecule has 40 heavy (non-hydrogen) atoms. The van der Waals surface area contributed by atoms with Gasteiger partial charge in [0, 0.05) is 31.8 Å². The Kier molecular flexibility index (Phi) is 8.22. The van der Waals surface area contributed by atoms with Crippen molar-refractivity contribution in [3.63, 3.8) is 0 Å². The molecule has 0 aliphatic carbocycles. The van der Waals surface area contributed by atoms with E-state index in [4.69, 9.17) is 15.3 Å². The van der Waals surface area contributed by atoms with E-state index >= 15 is 0 Å². The van der Waals surface area contributed by atoms with Crippen LogP contribution in [0.15, 0.2) is 65.9 Å². The summed E-state index contributed by atoms with van der Waals surface area (Å²) in [7, 11) is 0. The molecule has 1 aliphatic rings. The summed E-state index contributed by atoms with van der Waals surface area (Å²) in [6.45, 7) is 4.88. The van der Waals surface area contributed by atoms with Crippen molar-refractivity contribution in [2.75, 3.05) is 11.9 Å². The van der Waals surface area contributed by atoms with Gasteiger partial charge in [-0.15, -0.1) is 0 Å². The van der Waals surface area contributed by atoms with Gasteiger partial charge >= 0.3 is 12.1 Å². The third-order valence-corrected chi connectivity index (χ3v) is 6.46. The molecule has 0 fully saturated rings. The number of aromatic nitrogens is 1. The number of pyridine rings is 1. The number of allylic oxidation sites excluding steroid dienone is 1. The SMILES string of the molecule is CC(=O)N1CCc2cc(COc3ccc(C)cc3-c3cccc(N/C(=C(\C=N)C(=O)O)C(F)(F)F)n3)ccc2C1. The second-order valence-corrected chi connectivity index (χ2v) is 9.35. The van der Waals surface area contributed by atoms with Gasteiger partial charge in [0.05, 0.1) is 5.69 Å². The third kappa shape index (κ3) is 6.48. The predicted octanol–water partition coefficient (Wildman–Crippen LogP) is 5.50. The van der Waals surface area contributed by atoms with Gasteiger partial charge in [-0.2, -0.15) is 13.2 Å². The molecule has 3 aromatic rings. The van der Waals surface area contributed by atoms with E-state index < -0.39 is 23.4 Å². The fourth-order valence-electron chi connectivity index (χ4n) is 4.41. The number of fused-ring (bicyclic) bond motifs is 1. The van der Waals surface area contributed by atoms with Crippen LogP contribution in [0.3, 0.4) is 0 Å². The van der Waals surface area contributed by atoms with E-state index in [9.17, 15) is 22.8 Å². The highest BCUT2D eigenvalue weighted by Gasteiger charge is 2.38. The molecule has 3 N–H and O–H groups in total. The zero-order valence-corrected chi connectivity index (χ0v) is 21.8. The number of nitrogens with zero attached hydrogens (tertiary/aromatic N) is 2. The molecular weight excluding hydrogens is 525 g/mol. The first kappa shape index (κ1) is 28.3. The lowest BCUT2D eigenvalue weighted by molar-refractivity contribution is -0.133. The first-order valence-corrected chi connectivity index (χ1v) is 12.4. The lowest BCUT2D eigenvalue weighted by atomic mass is 9.97. The number of aliphatic carboxylic acids is 1. The first-order valence-electron chi connectivity index (χ1n) is 12.4. The number of carboxylic acid groups (broad SMARTS) is 1. The van der Waals surface area contributed by atoms with E-state index in [1.54, 1.807) is 30.0 Å². The van der Waals surface area contributed by atoms with Crippen LogP contribution in [0.4, 0.5) is 19.0 Å². The molecule has 1 amide bonds. The number of alkyl halides is 3. The maximum atomic E-state index is 13.6. The number of nitrogens with one attached hydrogen (secondary N) is 2. The molecule has 0 spiro atoms. The van der Waals surface area contributed by atoms with E-state index in [0.717, 1.165) is 28.7 Å². The van der Waals surface area contributed by atoms with Crippen LogP contribution in [0.25, 0.3) is 11.3 Å². The average molecular weight is 553 g/mol. The maximum Gasteiger partial charge on any atom is 0.432 e. The fourth-order valence-corrected chi connectivity index (χ4v) is 4.41. The Labute approximate surface area is 228 Å². The highest BCUT2D eigenvalue weighted by Crippen LogP contribution is 2.33. The molecule has 8 nitrogen and oxygen atoms in total. The molecule has 0 unspecified atom stereocenters. The van der Waals surface area contributed by atoms with Crippen LogP contribution in [0.5, 0.6) is 5.75 Å². The van der Waals surface area contributed by atoms with Crippen LogP contribution in [0, 0.1) is 12.3 Å². The lowest BCUT2D eigenvalue weighted by Gasteiger charge is -2.28. The van der Waals surface area contributed by atoms with Gasteiger partial charge in [0.2, 0.25) is 5.91 Å². The molecule has 0 saturated carbocycles. The van der Waals surface area contributed by atoms with Crippen LogP contribution < -0.4 is 10.1 Å². The maximum absolute atomic E-state index is 13.6. The summed E-state index contributed by atoms with van der Waals surface area (Å²) in [6.07, 6.45) is -4.17. The van der Waals surface area contributed by atoms with Crippen molar-refractivity contribution < 1.29 is 32.6 Å². The van der Waals surface area contributed by atoms with Crippen molar-refractivity contribution >= 4 is 23.9 Å². The molecule has 0 bridgehead atoms. The molecule has 1 aromatic heterocycles. The Morgan fingerprint density at radius 3 is 2.60 bits per heavy atom. The molecule has 2 heterocycles. The molecule has 0 atom stereocenters. The molecule has 208 valence electrons. The number of hydrogen-bond acceptors (Lipinski definition) is 6. The molecule has 1 aliphatic heterocycles. The molecule has 0 radical (unpaired) electrons. The number of hydrogen-bond donors (Lipinski definition) is 3. The van der Waals surface area contributed by atoms with E-state index in [1.165, 1.54) is 12.1 Å². The Bertz CT molecular complexity index is 1500. The largest absolute Gasteiger partial charge is 0.488 e. The topological polar surface area (TPSA) is 116 Å². The Morgan fingerprint density at radius 1 is 1.15 bits per heavy atom. The van der Waals surface area contributed by atoms with Crippen molar-refractivity contribution in [2.45, 2.75) is 39.6 Å². The number of amides is 1. The third-order valence-electron chi connectivity index (χ3n) is 6.46. The highest BCUT2D eigenvalue weighted by atomic mass is 19.4. The van der Waals surface area contributed by atoms with E-state index in [0.29, 0.717) is 30.1 Å². The summed E-state index contributed by atoms with van der Waals surface area (Å²) in [5.74, 6) is -1.63. The number of halogens is 3. The van der Waals surface area contributed by atoms with E-state index in [2.05, 4.69) is 11.1 Å². The van der Waals surface area contributed by atoms with E-state index in [1.807, 2.05) is 30.4 Å². The smallest absolute Gasteiger partial charge is 0.432 e. The minimum absolute atomic E-state index is 0.0422. The summed E-state index contributed by atoms with van der Waals surface area (Å²) in [5.41, 5.74) is 2.07. The fraction of sp³-hybridized carbons (Fsp3) is 0.241. The summed E-state index contributed by atoms with van der Waals surface area (Å²) in [4.78, 5) is 29.1. The number of ether oxygens (including phenoxy) is 1. The molecule has 11 heteroatoms. The van der Waals surface area contributed by atoms with Gasteiger partial charge < -0.3 is 25.5 Å². The number of carboxylic acids is 1. The van der Waals surface area contributed by atoms with Crippen LogP contribution in [-0.2, 0) is 29.2 Å². The van der Waals surface area contributed by atoms with Crippen LogP contribution in [0.1, 0.15) is 29.2 Å². The monoisotopic (exact) mass is 552 g/mol. The number of anilines is 1. The Hall–Kier alpha value is -4.67.